The first kappa shape index (κ1) is 12.4. The summed E-state index contributed by atoms with van der Waals surface area (Å²) in [5.41, 5.74) is 1.45. The SMILES string of the molecule is Cc1c[nH]c2ccnc(NC(=O)OC(C)(C)C)c12. The molecule has 0 aliphatic carbocycles. The summed E-state index contributed by atoms with van der Waals surface area (Å²) in [4.78, 5) is 19.0. The molecule has 2 aromatic rings. The predicted molar refractivity (Wildman–Crippen MR) is 70.7 cm³/mol. The zero-order valence-electron chi connectivity index (χ0n) is 11.0. The number of H-pyrrole nitrogens is 1. The Labute approximate surface area is 106 Å². The van der Waals surface area contributed by atoms with Crippen molar-refractivity contribution in [3.8, 4) is 0 Å². The second kappa shape index (κ2) is 4.33. The molecule has 0 radical (unpaired) electrons. The predicted octanol–water partition coefficient (Wildman–Crippen LogP) is 3.22. The van der Waals surface area contributed by atoms with Crippen molar-refractivity contribution in [1.82, 2.24) is 9.97 Å². The van der Waals surface area contributed by atoms with E-state index in [2.05, 4.69) is 15.3 Å². The Morgan fingerprint density at radius 1 is 1.44 bits per heavy atom. The number of fused-ring (bicyclic) bond motifs is 1. The fourth-order valence-electron chi connectivity index (χ4n) is 1.73. The molecule has 96 valence electrons. The third-order valence-electron chi connectivity index (χ3n) is 2.41. The number of anilines is 1. The Bertz CT molecular complexity index is 581. The van der Waals surface area contributed by atoms with Crippen LogP contribution in [0.1, 0.15) is 26.3 Å². The van der Waals surface area contributed by atoms with Crippen molar-refractivity contribution in [2.24, 2.45) is 0 Å². The van der Waals surface area contributed by atoms with Gasteiger partial charge in [0, 0.05) is 17.8 Å². The van der Waals surface area contributed by atoms with Crippen LogP contribution in [0.25, 0.3) is 10.9 Å². The number of nitrogens with one attached hydrogen (secondary N) is 2. The normalized spacial score (nSPS) is 11.6. The van der Waals surface area contributed by atoms with E-state index < -0.39 is 11.7 Å². The summed E-state index contributed by atoms with van der Waals surface area (Å²) in [5, 5.41) is 3.58. The lowest BCUT2D eigenvalue weighted by Gasteiger charge is -2.19. The molecule has 2 rings (SSSR count). The molecule has 0 aliphatic rings. The van der Waals surface area contributed by atoms with Crippen LogP contribution >= 0.6 is 0 Å². The lowest BCUT2D eigenvalue weighted by atomic mass is 10.2. The van der Waals surface area contributed by atoms with Gasteiger partial charge in [-0.1, -0.05) is 0 Å². The van der Waals surface area contributed by atoms with Crippen LogP contribution in [-0.4, -0.2) is 21.7 Å². The number of rotatable bonds is 1. The Hall–Kier alpha value is -2.04. The standard InChI is InChI=1S/C13H17N3O2/c1-8-7-15-9-5-6-14-11(10(8)9)16-12(17)18-13(2,3)4/h5-7,15H,1-4H3,(H,14,16,17). The molecule has 5 heteroatoms. The number of carbonyl (C=O) groups excluding carboxylic acids is 1. The van der Waals surface area contributed by atoms with Crippen LogP contribution in [0.3, 0.4) is 0 Å². The number of aromatic amines is 1. The quantitative estimate of drug-likeness (QED) is 0.813. The number of aryl methyl sites for hydroxylation is 1. The molecule has 0 saturated carbocycles. The first-order chi connectivity index (χ1) is 8.37. The fourth-order valence-corrected chi connectivity index (χ4v) is 1.73. The Kier molecular flexibility index (Phi) is 2.98. The molecule has 2 N–H and O–H groups in total. The summed E-state index contributed by atoms with van der Waals surface area (Å²) in [6.45, 7) is 7.42. The molecule has 0 unspecified atom stereocenters. The van der Waals surface area contributed by atoms with E-state index in [9.17, 15) is 4.79 Å². The minimum absolute atomic E-state index is 0.497. The van der Waals surface area contributed by atoms with Gasteiger partial charge >= 0.3 is 6.09 Å². The van der Waals surface area contributed by atoms with Gasteiger partial charge in [-0.25, -0.2) is 9.78 Å². The summed E-state index contributed by atoms with van der Waals surface area (Å²) in [6.07, 6.45) is 3.03. The van der Waals surface area contributed by atoms with E-state index in [1.165, 1.54) is 0 Å². The molecule has 0 saturated heterocycles. The number of hydrogen-bond donors (Lipinski definition) is 2. The molecule has 1 amide bonds. The van der Waals surface area contributed by atoms with E-state index in [4.69, 9.17) is 4.74 Å². The van der Waals surface area contributed by atoms with Crippen molar-refractivity contribution < 1.29 is 9.53 Å². The molecule has 0 atom stereocenters. The molecular weight excluding hydrogens is 230 g/mol. The second-order valence-electron chi connectivity index (χ2n) is 5.18. The zero-order valence-corrected chi connectivity index (χ0v) is 11.0. The zero-order chi connectivity index (χ0) is 13.3. The van der Waals surface area contributed by atoms with E-state index in [0.29, 0.717) is 5.82 Å². The van der Waals surface area contributed by atoms with Crippen LogP contribution in [-0.2, 0) is 4.74 Å². The maximum absolute atomic E-state index is 11.7. The number of aromatic nitrogens is 2. The van der Waals surface area contributed by atoms with Gasteiger partial charge in [0.1, 0.15) is 11.4 Å². The summed E-state index contributed by atoms with van der Waals surface area (Å²) in [7, 11) is 0. The van der Waals surface area contributed by atoms with Crippen LogP contribution in [0.2, 0.25) is 0 Å². The van der Waals surface area contributed by atoms with Crippen LogP contribution in [0.15, 0.2) is 18.5 Å². The number of carbonyl (C=O) groups is 1. The van der Waals surface area contributed by atoms with Crippen molar-refractivity contribution in [3.05, 3.63) is 24.0 Å². The molecule has 0 fully saturated rings. The van der Waals surface area contributed by atoms with Gasteiger partial charge in [-0.15, -0.1) is 0 Å². The summed E-state index contributed by atoms with van der Waals surface area (Å²) >= 11 is 0. The van der Waals surface area contributed by atoms with Crippen molar-refractivity contribution in [2.45, 2.75) is 33.3 Å². The lowest BCUT2D eigenvalue weighted by Crippen LogP contribution is -2.27. The largest absolute Gasteiger partial charge is 0.444 e. The molecule has 18 heavy (non-hydrogen) atoms. The molecule has 2 aromatic heterocycles. The fraction of sp³-hybridized carbons (Fsp3) is 0.385. The Morgan fingerprint density at radius 3 is 2.83 bits per heavy atom. The second-order valence-corrected chi connectivity index (χ2v) is 5.18. The number of nitrogens with zero attached hydrogens (tertiary/aromatic N) is 1. The average Bonchev–Trinajstić information content (AvgIpc) is 2.58. The van der Waals surface area contributed by atoms with Crippen LogP contribution in [0.4, 0.5) is 10.6 Å². The molecule has 0 bridgehead atoms. The monoisotopic (exact) mass is 247 g/mol. The van der Waals surface area contributed by atoms with E-state index in [1.807, 2.05) is 40.0 Å². The molecule has 0 spiro atoms. The van der Waals surface area contributed by atoms with Gasteiger partial charge in [0.15, 0.2) is 0 Å². The van der Waals surface area contributed by atoms with E-state index in [0.717, 1.165) is 16.5 Å². The molecule has 0 aromatic carbocycles. The highest BCUT2D eigenvalue weighted by Crippen LogP contribution is 2.24. The lowest BCUT2D eigenvalue weighted by molar-refractivity contribution is 0.0635. The van der Waals surface area contributed by atoms with Gasteiger partial charge < -0.3 is 9.72 Å². The summed E-state index contributed by atoms with van der Waals surface area (Å²) in [6, 6.07) is 1.86. The Balaban J connectivity index is 2.27. The topological polar surface area (TPSA) is 67.0 Å². The van der Waals surface area contributed by atoms with Crippen molar-refractivity contribution >= 4 is 22.8 Å². The molecule has 2 heterocycles. The highest BCUT2D eigenvalue weighted by molar-refractivity contribution is 5.98. The first-order valence-corrected chi connectivity index (χ1v) is 5.79. The van der Waals surface area contributed by atoms with E-state index in [-0.39, 0.29) is 0 Å². The van der Waals surface area contributed by atoms with Gasteiger partial charge in [0.05, 0.1) is 5.52 Å². The van der Waals surface area contributed by atoms with Gasteiger partial charge in [0.2, 0.25) is 0 Å². The number of hydrogen-bond acceptors (Lipinski definition) is 3. The summed E-state index contributed by atoms with van der Waals surface area (Å²) in [5.74, 6) is 0.514. The van der Waals surface area contributed by atoms with Gasteiger partial charge in [-0.05, 0) is 39.3 Å². The van der Waals surface area contributed by atoms with Crippen LogP contribution in [0, 0.1) is 6.92 Å². The minimum Gasteiger partial charge on any atom is -0.444 e. The van der Waals surface area contributed by atoms with Crippen LogP contribution in [0.5, 0.6) is 0 Å². The van der Waals surface area contributed by atoms with Crippen LogP contribution < -0.4 is 5.32 Å². The van der Waals surface area contributed by atoms with Gasteiger partial charge in [-0.3, -0.25) is 5.32 Å². The third kappa shape index (κ3) is 2.61. The maximum Gasteiger partial charge on any atom is 0.413 e. The van der Waals surface area contributed by atoms with Crippen molar-refractivity contribution in [3.63, 3.8) is 0 Å². The van der Waals surface area contributed by atoms with Gasteiger partial charge in [0.25, 0.3) is 0 Å². The average molecular weight is 247 g/mol. The molecule has 5 nitrogen and oxygen atoms in total. The van der Waals surface area contributed by atoms with Crippen molar-refractivity contribution in [1.29, 1.82) is 0 Å². The molecule has 0 aliphatic heterocycles. The van der Waals surface area contributed by atoms with E-state index in [1.54, 1.807) is 6.20 Å². The Morgan fingerprint density at radius 2 is 2.17 bits per heavy atom. The highest BCUT2D eigenvalue weighted by atomic mass is 16.6. The number of ether oxygens (including phenoxy) is 1. The molecular formula is C13H17N3O2. The number of pyridine rings is 1. The van der Waals surface area contributed by atoms with Gasteiger partial charge in [-0.2, -0.15) is 0 Å². The minimum atomic E-state index is -0.523. The number of amides is 1. The smallest absolute Gasteiger partial charge is 0.413 e. The van der Waals surface area contributed by atoms with Crippen molar-refractivity contribution in [2.75, 3.05) is 5.32 Å². The van der Waals surface area contributed by atoms with E-state index >= 15 is 0 Å². The highest BCUT2D eigenvalue weighted by Gasteiger charge is 2.18. The summed E-state index contributed by atoms with van der Waals surface area (Å²) < 4.78 is 5.21. The maximum atomic E-state index is 11.7. The first-order valence-electron chi connectivity index (χ1n) is 5.79. The third-order valence-corrected chi connectivity index (χ3v) is 2.41.